The summed E-state index contributed by atoms with van der Waals surface area (Å²) in [5, 5.41) is 14.3. The number of ether oxygens (including phenoxy) is 1. The molecule has 1 aromatic carbocycles. The fourth-order valence-corrected chi connectivity index (χ4v) is 4.61. The molecule has 180 valence electrons. The average molecular weight is 489 g/mol. The van der Waals surface area contributed by atoms with Crippen molar-refractivity contribution >= 4 is 28.4 Å². The third kappa shape index (κ3) is 5.33. The van der Waals surface area contributed by atoms with Gasteiger partial charge in [0, 0.05) is 42.1 Å². The van der Waals surface area contributed by atoms with E-state index in [9.17, 15) is 27.1 Å². The number of rotatable bonds is 8. The van der Waals surface area contributed by atoms with E-state index in [1.807, 2.05) is 0 Å². The Hall–Kier alpha value is -2.17. The molecule has 2 aromatic rings. The molecule has 1 heterocycles. The quantitative estimate of drug-likeness (QED) is 0.456. The van der Waals surface area contributed by atoms with Gasteiger partial charge in [0.15, 0.2) is 5.60 Å². The predicted molar refractivity (Wildman–Crippen MR) is 121 cm³/mol. The van der Waals surface area contributed by atoms with Crippen molar-refractivity contribution in [2.45, 2.75) is 43.9 Å². The van der Waals surface area contributed by atoms with Gasteiger partial charge in [-0.25, -0.2) is 8.78 Å². The monoisotopic (exact) mass is 488 g/mol. The molecule has 10 heteroatoms. The number of pyridine rings is 1. The first kappa shape index (κ1) is 25.5. The number of nitrogens with one attached hydrogen (secondary N) is 1. The van der Waals surface area contributed by atoms with E-state index in [4.69, 9.17) is 4.74 Å². The van der Waals surface area contributed by atoms with Gasteiger partial charge in [-0.05, 0) is 48.6 Å². The highest BCUT2D eigenvalue weighted by Crippen LogP contribution is 2.44. The molecule has 0 amide bonds. The van der Waals surface area contributed by atoms with Gasteiger partial charge in [0.25, 0.3) is 0 Å². The van der Waals surface area contributed by atoms with Crippen molar-refractivity contribution in [3.8, 4) is 0 Å². The number of alkyl halides is 4. The van der Waals surface area contributed by atoms with Gasteiger partial charge in [-0.3, -0.25) is 4.98 Å². The molecular formula is C23H25F5N2O2S. The van der Waals surface area contributed by atoms with Crippen LogP contribution in [-0.4, -0.2) is 52.4 Å². The van der Waals surface area contributed by atoms with E-state index in [1.54, 1.807) is 38.1 Å². The highest BCUT2D eigenvalue weighted by Gasteiger charge is 2.60. The number of anilines is 1. The SMILES string of the molecule is CCSCC(O)(C(Nc1cccc2nc(C)ccc12)C1=CC(F)=CC(F)(OC)C1)C(F)(F)F. The molecule has 1 aliphatic rings. The van der Waals surface area contributed by atoms with Crippen LogP contribution in [0, 0.1) is 6.92 Å². The fraction of sp³-hybridized carbons (Fsp3) is 0.435. The Bertz CT molecular complexity index is 1070. The summed E-state index contributed by atoms with van der Waals surface area (Å²) in [6.07, 6.45) is -4.41. The summed E-state index contributed by atoms with van der Waals surface area (Å²) in [5.41, 5.74) is -2.16. The van der Waals surface area contributed by atoms with E-state index >= 15 is 0 Å². The summed E-state index contributed by atoms with van der Waals surface area (Å²) in [4.78, 5) is 4.37. The summed E-state index contributed by atoms with van der Waals surface area (Å²) < 4.78 is 76.9. The van der Waals surface area contributed by atoms with Gasteiger partial charge in [-0.2, -0.15) is 24.9 Å². The summed E-state index contributed by atoms with van der Waals surface area (Å²) >= 11 is 0.874. The minimum atomic E-state index is -5.10. The molecule has 4 nitrogen and oxygen atoms in total. The Labute approximate surface area is 192 Å². The summed E-state index contributed by atoms with van der Waals surface area (Å²) in [5.74, 6) is -4.16. The minimum Gasteiger partial charge on any atom is -0.378 e. The number of aliphatic hydroxyl groups is 1. The van der Waals surface area contributed by atoms with Crippen molar-refractivity contribution in [2.24, 2.45) is 0 Å². The van der Waals surface area contributed by atoms with Gasteiger partial charge in [0.1, 0.15) is 5.83 Å². The largest absolute Gasteiger partial charge is 0.420 e. The van der Waals surface area contributed by atoms with Crippen molar-refractivity contribution < 1.29 is 31.8 Å². The summed E-state index contributed by atoms with van der Waals surface area (Å²) in [7, 11) is 0.997. The molecular weight excluding hydrogens is 463 g/mol. The lowest BCUT2D eigenvalue weighted by atomic mass is 9.83. The zero-order valence-electron chi connectivity index (χ0n) is 18.3. The first-order valence-electron chi connectivity index (χ1n) is 10.2. The molecule has 0 saturated carbocycles. The molecule has 3 rings (SSSR count). The maximum Gasteiger partial charge on any atom is 0.420 e. The van der Waals surface area contributed by atoms with Crippen molar-refractivity contribution in [3.63, 3.8) is 0 Å². The second-order valence-corrected chi connectivity index (χ2v) is 9.15. The van der Waals surface area contributed by atoms with Crippen molar-refractivity contribution in [1.82, 2.24) is 4.98 Å². The standard InChI is InChI=1S/C23H25F5N2O2S/c1-4-33-13-22(31,23(26,27)28)20(15-10-16(24)12-21(25,11-15)32-3)30-19-7-5-6-18-17(19)9-8-14(2)29-18/h5-10,12,20,30-31H,4,11,13H2,1-3H3. The highest BCUT2D eigenvalue weighted by atomic mass is 32.2. The molecule has 33 heavy (non-hydrogen) atoms. The molecule has 2 N–H and O–H groups in total. The first-order chi connectivity index (χ1) is 15.4. The second-order valence-electron chi connectivity index (χ2n) is 7.88. The van der Waals surface area contributed by atoms with Gasteiger partial charge in [-0.1, -0.05) is 13.0 Å². The number of aryl methyl sites for hydroxylation is 1. The highest BCUT2D eigenvalue weighted by molar-refractivity contribution is 7.99. The molecule has 3 atom stereocenters. The van der Waals surface area contributed by atoms with Crippen LogP contribution in [0.25, 0.3) is 10.9 Å². The maximum absolute atomic E-state index is 15.0. The number of aromatic nitrogens is 1. The lowest BCUT2D eigenvalue weighted by Crippen LogP contribution is -2.60. The fourth-order valence-electron chi connectivity index (χ4n) is 3.77. The lowest BCUT2D eigenvalue weighted by molar-refractivity contribution is -0.253. The van der Waals surface area contributed by atoms with Crippen molar-refractivity contribution in [3.05, 3.63) is 59.6 Å². The molecule has 1 aromatic heterocycles. The van der Waals surface area contributed by atoms with E-state index in [0.29, 0.717) is 28.4 Å². The number of hydrogen-bond acceptors (Lipinski definition) is 5. The smallest absolute Gasteiger partial charge is 0.378 e. The van der Waals surface area contributed by atoms with Gasteiger partial charge >= 0.3 is 6.18 Å². The van der Waals surface area contributed by atoms with E-state index in [2.05, 4.69) is 10.3 Å². The van der Waals surface area contributed by atoms with Crippen molar-refractivity contribution in [2.75, 3.05) is 23.9 Å². The molecule has 0 aliphatic heterocycles. The Morgan fingerprint density at radius 1 is 1.27 bits per heavy atom. The van der Waals surface area contributed by atoms with Crippen LogP contribution in [0.3, 0.4) is 0 Å². The van der Waals surface area contributed by atoms with E-state index in [1.165, 1.54) is 6.07 Å². The number of allylic oxidation sites excluding steroid dienone is 2. The van der Waals surface area contributed by atoms with E-state index in [0.717, 1.165) is 24.9 Å². The Morgan fingerprint density at radius 3 is 2.64 bits per heavy atom. The summed E-state index contributed by atoms with van der Waals surface area (Å²) in [6, 6.07) is 6.33. The average Bonchev–Trinajstić information content (AvgIpc) is 2.74. The third-order valence-corrected chi connectivity index (χ3v) is 6.55. The van der Waals surface area contributed by atoms with Crippen LogP contribution < -0.4 is 5.32 Å². The number of halogens is 5. The van der Waals surface area contributed by atoms with Crippen LogP contribution in [0.5, 0.6) is 0 Å². The molecule has 0 fully saturated rings. The number of fused-ring (bicyclic) bond motifs is 1. The normalized spacial score (nSPS) is 21.8. The van der Waals surface area contributed by atoms with Crippen LogP contribution in [0.4, 0.5) is 27.6 Å². The molecule has 0 saturated heterocycles. The van der Waals surface area contributed by atoms with Gasteiger partial charge < -0.3 is 15.2 Å². The summed E-state index contributed by atoms with van der Waals surface area (Å²) in [6.45, 7) is 3.43. The number of methoxy groups -OCH3 is 1. The predicted octanol–water partition coefficient (Wildman–Crippen LogP) is 5.87. The number of thioether (sulfide) groups is 1. The number of benzene rings is 1. The maximum atomic E-state index is 15.0. The molecule has 0 spiro atoms. The van der Waals surface area contributed by atoms with Gasteiger partial charge in [0.05, 0.1) is 11.6 Å². The van der Waals surface area contributed by atoms with Crippen LogP contribution in [0.15, 0.2) is 53.9 Å². The molecule has 0 bridgehead atoms. The topological polar surface area (TPSA) is 54.4 Å². The van der Waals surface area contributed by atoms with Gasteiger partial charge in [0.2, 0.25) is 5.85 Å². The van der Waals surface area contributed by atoms with Crippen LogP contribution in [0.2, 0.25) is 0 Å². The van der Waals surface area contributed by atoms with Crippen LogP contribution in [-0.2, 0) is 4.74 Å². The van der Waals surface area contributed by atoms with Gasteiger partial charge in [-0.15, -0.1) is 0 Å². The van der Waals surface area contributed by atoms with E-state index < -0.39 is 41.7 Å². The molecule has 0 radical (unpaired) electrons. The number of hydrogen-bond donors (Lipinski definition) is 2. The Balaban J connectivity index is 2.17. The van der Waals surface area contributed by atoms with Crippen molar-refractivity contribution in [1.29, 1.82) is 0 Å². The third-order valence-electron chi connectivity index (χ3n) is 5.50. The zero-order chi connectivity index (χ0) is 24.4. The zero-order valence-corrected chi connectivity index (χ0v) is 19.2. The number of nitrogens with zero attached hydrogens (tertiary/aromatic N) is 1. The second kappa shape index (κ2) is 9.60. The van der Waals surface area contributed by atoms with Crippen LogP contribution >= 0.6 is 11.8 Å². The Morgan fingerprint density at radius 2 is 2.00 bits per heavy atom. The molecule has 3 unspecified atom stereocenters. The van der Waals surface area contributed by atoms with Crippen LogP contribution in [0.1, 0.15) is 19.0 Å². The lowest BCUT2D eigenvalue weighted by Gasteiger charge is -2.41. The molecule has 1 aliphatic carbocycles. The minimum absolute atomic E-state index is 0.243. The first-order valence-corrected chi connectivity index (χ1v) is 11.4. The Kier molecular flexibility index (Phi) is 7.40. The van der Waals surface area contributed by atoms with E-state index in [-0.39, 0.29) is 11.3 Å².